The highest BCUT2D eigenvalue weighted by molar-refractivity contribution is 9.10. The summed E-state index contributed by atoms with van der Waals surface area (Å²) in [4.78, 5) is 16.6. The van der Waals surface area contributed by atoms with E-state index in [0.29, 0.717) is 16.2 Å². The van der Waals surface area contributed by atoms with Crippen LogP contribution in [0, 0.1) is 0 Å². The molecule has 0 amide bonds. The fourth-order valence-electron chi connectivity index (χ4n) is 1.90. The van der Waals surface area contributed by atoms with Crippen molar-refractivity contribution in [1.82, 2.24) is 4.98 Å². The zero-order valence-corrected chi connectivity index (χ0v) is 12.5. The average Bonchev–Trinajstić information content (AvgIpc) is 2.81. The Labute approximate surface area is 117 Å². The van der Waals surface area contributed by atoms with Crippen LogP contribution in [0.25, 0.3) is 0 Å². The summed E-state index contributed by atoms with van der Waals surface area (Å²) in [5.74, 6) is -0.886. The summed E-state index contributed by atoms with van der Waals surface area (Å²) in [6.07, 6.45) is 0.451. The van der Waals surface area contributed by atoms with Gasteiger partial charge in [-0.25, -0.2) is 13.4 Å². The molecule has 1 fully saturated rings. The van der Waals surface area contributed by atoms with Crippen molar-refractivity contribution in [3.63, 3.8) is 0 Å². The van der Waals surface area contributed by atoms with Crippen molar-refractivity contribution in [2.75, 3.05) is 23.0 Å². The number of carboxylic acid groups (broad SMARTS) is 1. The Morgan fingerprint density at radius 1 is 1.67 bits per heavy atom. The average molecular weight is 355 g/mol. The number of carboxylic acids is 1. The van der Waals surface area contributed by atoms with E-state index < -0.39 is 15.8 Å². The minimum Gasteiger partial charge on any atom is -0.480 e. The van der Waals surface area contributed by atoms with Gasteiger partial charge in [0.1, 0.15) is 11.1 Å². The monoisotopic (exact) mass is 354 g/mol. The molecule has 1 atom stereocenters. The molecule has 0 aromatic carbocycles. The minimum absolute atomic E-state index is 0.00250. The smallest absolute Gasteiger partial charge is 0.323 e. The third kappa shape index (κ3) is 3.21. The number of halogens is 1. The van der Waals surface area contributed by atoms with Crippen LogP contribution in [-0.4, -0.2) is 48.6 Å². The van der Waals surface area contributed by atoms with Crippen LogP contribution in [0.15, 0.2) is 9.98 Å². The summed E-state index contributed by atoms with van der Waals surface area (Å²) >= 11 is 4.50. The van der Waals surface area contributed by atoms with Gasteiger partial charge in [-0.3, -0.25) is 4.79 Å². The first-order chi connectivity index (χ1) is 8.37. The Morgan fingerprint density at radius 3 is 2.83 bits per heavy atom. The van der Waals surface area contributed by atoms with Crippen LogP contribution in [0.3, 0.4) is 0 Å². The van der Waals surface area contributed by atoms with Crippen molar-refractivity contribution in [2.45, 2.75) is 12.5 Å². The lowest BCUT2D eigenvalue weighted by atomic mass is 10.2. The van der Waals surface area contributed by atoms with Crippen LogP contribution in [0.4, 0.5) is 5.13 Å². The normalized spacial score (nSPS) is 21.9. The highest BCUT2D eigenvalue weighted by Crippen LogP contribution is 2.28. The molecule has 100 valence electrons. The molecular weight excluding hydrogens is 344 g/mol. The molecule has 0 bridgehead atoms. The van der Waals surface area contributed by atoms with Gasteiger partial charge in [-0.05, 0) is 22.4 Å². The van der Waals surface area contributed by atoms with Crippen LogP contribution in [0.1, 0.15) is 6.42 Å². The van der Waals surface area contributed by atoms with Crippen LogP contribution in [0.5, 0.6) is 0 Å². The Kier molecular flexibility index (Phi) is 3.93. The zero-order chi connectivity index (χ0) is 13.3. The predicted molar refractivity (Wildman–Crippen MR) is 71.9 cm³/mol. The second kappa shape index (κ2) is 5.14. The fourth-order valence-corrected chi connectivity index (χ4v) is 4.95. The molecule has 0 radical (unpaired) electrons. The summed E-state index contributed by atoms with van der Waals surface area (Å²) in [5, 5.41) is 11.2. The van der Waals surface area contributed by atoms with Gasteiger partial charge in [-0.1, -0.05) is 0 Å². The lowest BCUT2D eigenvalue weighted by molar-refractivity contribution is -0.135. The first kappa shape index (κ1) is 13.8. The molecule has 1 saturated heterocycles. The molecule has 1 N–H and O–H groups in total. The highest BCUT2D eigenvalue weighted by atomic mass is 79.9. The summed E-state index contributed by atoms with van der Waals surface area (Å²) < 4.78 is 23.6. The molecule has 1 aromatic rings. The number of thiazole rings is 1. The van der Waals surface area contributed by atoms with Crippen LogP contribution >= 0.6 is 27.3 Å². The van der Waals surface area contributed by atoms with E-state index in [0.717, 1.165) is 0 Å². The molecule has 2 rings (SSSR count). The number of hydrogen-bond acceptors (Lipinski definition) is 6. The zero-order valence-electron chi connectivity index (χ0n) is 9.24. The van der Waals surface area contributed by atoms with E-state index in [-0.39, 0.29) is 24.1 Å². The first-order valence-electron chi connectivity index (χ1n) is 5.17. The summed E-state index contributed by atoms with van der Waals surface area (Å²) in [5.41, 5.74) is 0. The molecule has 18 heavy (non-hydrogen) atoms. The molecule has 0 aliphatic carbocycles. The third-order valence-electron chi connectivity index (χ3n) is 2.66. The second-order valence-corrected chi connectivity index (χ2v) is 7.91. The van der Waals surface area contributed by atoms with E-state index >= 15 is 0 Å². The van der Waals surface area contributed by atoms with Crippen molar-refractivity contribution < 1.29 is 18.3 Å². The van der Waals surface area contributed by atoms with Gasteiger partial charge in [0.25, 0.3) is 0 Å². The highest BCUT2D eigenvalue weighted by Gasteiger charge is 2.34. The number of anilines is 1. The maximum atomic E-state index is 11.5. The van der Waals surface area contributed by atoms with E-state index in [1.807, 2.05) is 0 Å². The molecule has 1 aliphatic heterocycles. The fraction of sp³-hybridized carbons (Fsp3) is 0.556. The quantitative estimate of drug-likeness (QED) is 0.867. The van der Waals surface area contributed by atoms with E-state index in [1.54, 1.807) is 10.3 Å². The molecule has 6 nitrogen and oxygen atoms in total. The van der Waals surface area contributed by atoms with Gasteiger partial charge >= 0.3 is 5.97 Å². The largest absolute Gasteiger partial charge is 0.480 e. The Morgan fingerprint density at radius 2 is 2.39 bits per heavy atom. The van der Waals surface area contributed by atoms with Gasteiger partial charge < -0.3 is 10.0 Å². The second-order valence-electron chi connectivity index (χ2n) is 4.03. The SMILES string of the molecule is O=C(O)CN(c1nc(Br)cs1)C1CCS(=O)(=O)C1. The van der Waals surface area contributed by atoms with Crippen molar-refractivity contribution >= 4 is 48.2 Å². The number of aliphatic carboxylic acids is 1. The van der Waals surface area contributed by atoms with E-state index in [2.05, 4.69) is 20.9 Å². The van der Waals surface area contributed by atoms with E-state index in [9.17, 15) is 13.2 Å². The maximum Gasteiger partial charge on any atom is 0.323 e. The minimum atomic E-state index is -3.05. The van der Waals surface area contributed by atoms with Crippen molar-refractivity contribution in [3.05, 3.63) is 9.98 Å². The molecule has 2 heterocycles. The molecule has 1 unspecified atom stereocenters. The lowest BCUT2D eigenvalue weighted by Crippen LogP contribution is -2.40. The van der Waals surface area contributed by atoms with Crippen LogP contribution in [-0.2, 0) is 14.6 Å². The summed E-state index contributed by atoms with van der Waals surface area (Å²) in [6, 6.07) is -0.302. The number of rotatable bonds is 4. The molecule has 1 aromatic heterocycles. The third-order valence-corrected chi connectivity index (χ3v) is 6.00. The number of hydrogen-bond donors (Lipinski definition) is 1. The van der Waals surface area contributed by atoms with Gasteiger partial charge in [-0.2, -0.15) is 0 Å². The van der Waals surface area contributed by atoms with E-state index in [4.69, 9.17) is 5.11 Å². The maximum absolute atomic E-state index is 11.5. The summed E-state index contributed by atoms with van der Waals surface area (Å²) in [6.45, 7) is -0.236. The van der Waals surface area contributed by atoms with Crippen molar-refractivity contribution in [1.29, 1.82) is 0 Å². The first-order valence-corrected chi connectivity index (χ1v) is 8.67. The van der Waals surface area contributed by atoms with Gasteiger partial charge in [0, 0.05) is 11.4 Å². The van der Waals surface area contributed by atoms with Gasteiger partial charge in [0.2, 0.25) is 0 Å². The lowest BCUT2D eigenvalue weighted by Gasteiger charge is -2.25. The van der Waals surface area contributed by atoms with Crippen LogP contribution < -0.4 is 4.90 Å². The Balaban J connectivity index is 2.23. The number of aromatic nitrogens is 1. The van der Waals surface area contributed by atoms with Crippen molar-refractivity contribution in [3.8, 4) is 0 Å². The van der Waals surface area contributed by atoms with Crippen LogP contribution in [0.2, 0.25) is 0 Å². The Hall–Kier alpha value is -0.670. The topological polar surface area (TPSA) is 87.6 Å². The van der Waals surface area contributed by atoms with Gasteiger partial charge in [-0.15, -0.1) is 11.3 Å². The molecule has 1 aliphatic rings. The number of sulfone groups is 1. The van der Waals surface area contributed by atoms with Crippen molar-refractivity contribution in [2.24, 2.45) is 0 Å². The molecule has 0 saturated carbocycles. The molecule has 9 heteroatoms. The number of nitrogens with zero attached hydrogens (tertiary/aromatic N) is 2. The molecule has 0 spiro atoms. The van der Waals surface area contributed by atoms with Gasteiger partial charge in [0.05, 0.1) is 11.5 Å². The Bertz CT molecular complexity index is 557. The predicted octanol–water partition coefficient (Wildman–Crippen LogP) is 0.984. The van der Waals surface area contributed by atoms with E-state index in [1.165, 1.54) is 11.3 Å². The van der Waals surface area contributed by atoms with Gasteiger partial charge in [0.15, 0.2) is 15.0 Å². The molecular formula is C9H11BrN2O4S2. The number of carbonyl (C=O) groups is 1. The summed E-state index contributed by atoms with van der Waals surface area (Å²) in [7, 11) is -3.05. The standard InChI is InChI=1S/C9H11BrN2O4S2/c10-7-4-17-9(11-7)12(3-8(13)14)6-1-2-18(15,16)5-6/h4,6H,1-3,5H2,(H,13,14).